The molecule has 2 N–H and O–H groups in total. The third-order valence-corrected chi connectivity index (χ3v) is 7.13. The largest absolute Gasteiger partial charge is 0.493 e. The maximum atomic E-state index is 14.0. The zero-order valence-electron chi connectivity index (χ0n) is 19.8. The molecule has 0 bridgehead atoms. The van der Waals surface area contributed by atoms with Crippen LogP contribution in [0.15, 0.2) is 82.5 Å². The van der Waals surface area contributed by atoms with Crippen LogP contribution in [0.3, 0.4) is 0 Å². The predicted molar refractivity (Wildman–Crippen MR) is 141 cm³/mol. The lowest BCUT2D eigenvalue weighted by molar-refractivity contribution is -0.116. The molecule has 0 aromatic heterocycles. The van der Waals surface area contributed by atoms with Crippen molar-refractivity contribution < 1.29 is 13.9 Å². The van der Waals surface area contributed by atoms with Crippen LogP contribution in [-0.2, 0) is 4.79 Å². The number of hydrogen-bond acceptors (Lipinski definition) is 4. The number of nitrogens with one attached hydrogen (secondary N) is 2. The minimum atomic E-state index is -0.377. The third-order valence-electron chi connectivity index (χ3n) is 6.52. The van der Waals surface area contributed by atoms with E-state index in [1.54, 1.807) is 12.1 Å². The standard InChI is InChI=1S/C29H28BrFN2O2/c1-17(2)16-35-21-10-7-18(8-11-21)20-14-26-28(27(34)15-20)29(19-9-12-23(31)22(30)13-19)33-25-6-4-3-5-24(25)32-26/h3-13,17,20,29,32-33H,14-16H2,1-2H3. The number of benzene rings is 3. The molecule has 4 nitrogen and oxygen atoms in total. The Morgan fingerprint density at radius 1 is 1.00 bits per heavy atom. The molecular formula is C29H28BrFN2O2. The van der Waals surface area contributed by atoms with Crippen molar-refractivity contribution in [1.29, 1.82) is 0 Å². The molecule has 2 atom stereocenters. The average molecular weight is 535 g/mol. The van der Waals surface area contributed by atoms with Gasteiger partial charge in [0.25, 0.3) is 0 Å². The summed E-state index contributed by atoms with van der Waals surface area (Å²) in [6, 6.07) is 20.6. The second-order valence-electron chi connectivity index (χ2n) is 9.62. The molecule has 0 saturated heterocycles. The van der Waals surface area contributed by atoms with Gasteiger partial charge in [0.15, 0.2) is 5.78 Å². The fourth-order valence-electron chi connectivity index (χ4n) is 4.77. The smallest absolute Gasteiger partial charge is 0.163 e. The van der Waals surface area contributed by atoms with E-state index in [1.807, 2.05) is 36.4 Å². The second-order valence-corrected chi connectivity index (χ2v) is 10.5. The number of carbonyl (C=O) groups is 1. The minimum Gasteiger partial charge on any atom is -0.493 e. The van der Waals surface area contributed by atoms with Crippen LogP contribution in [0.1, 0.15) is 49.8 Å². The topological polar surface area (TPSA) is 50.4 Å². The number of carbonyl (C=O) groups excluding carboxylic acids is 1. The van der Waals surface area contributed by atoms with Crippen molar-refractivity contribution in [3.8, 4) is 5.75 Å². The number of allylic oxidation sites excluding steroid dienone is 1. The number of hydrogen-bond donors (Lipinski definition) is 2. The Morgan fingerprint density at radius 2 is 1.71 bits per heavy atom. The molecule has 6 heteroatoms. The van der Waals surface area contributed by atoms with Gasteiger partial charge in [-0.15, -0.1) is 0 Å². The van der Waals surface area contributed by atoms with Gasteiger partial charge in [-0.2, -0.15) is 0 Å². The summed E-state index contributed by atoms with van der Waals surface area (Å²) < 4.78 is 20.2. The number of rotatable bonds is 5. The summed E-state index contributed by atoms with van der Waals surface area (Å²) in [4.78, 5) is 13.6. The zero-order chi connectivity index (χ0) is 24.5. The summed E-state index contributed by atoms with van der Waals surface area (Å²) in [6.07, 6.45) is 1.13. The van der Waals surface area contributed by atoms with E-state index in [0.717, 1.165) is 33.9 Å². The highest BCUT2D eigenvalue weighted by Gasteiger charge is 2.36. The van der Waals surface area contributed by atoms with Gasteiger partial charge in [-0.3, -0.25) is 4.79 Å². The molecule has 0 spiro atoms. The average Bonchev–Trinajstić information content (AvgIpc) is 3.01. The number of ether oxygens (including phenoxy) is 1. The molecule has 1 heterocycles. The molecule has 2 aliphatic rings. The SMILES string of the molecule is CC(C)COc1ccc(C2CC(=O)C3=C(C2)Nc2ccccc2NC3c2ccc(F)c(Br)c2)cc1. The minimum absolute atomic E-state index is 0.0683. The first-order valence-electron chi connectivity index (χ1n) is 12.0. The monoisotopic (exact) mass is 534 g/mol. The maximum absolute atomic E-state index is 14.0. The molecular weight excluding hydrogens is 507 g/mol. The van der Waals surface area contributed by atoms with E-state index in [1.165, 1.54) is 6.07 Å². The van der Waals surface area contributed by atoms with Crippen molar-refractivity contribution in [3.05, 3.63) is 99.4 Å². The summed E-state index contributed by atoms with van der Waals surface area (Å²) in [5.74, 6) is 1.14. The molecule has 35 heavy (non-hydrogen) atoms. The van der Waals surface area contributed by atoms with Crippen LogP contribution < -0.4 is 15.4 Å². The Hall–Kier alpha value is -3.12. The van der Waals surface area contributed by atoms with Gasteiger partial charge in [-0.05, 0) is 81.7 Å². The molecule has 0 fully saturated rings. The highest BCUT2D eigenvalue weighted by atomic mass is 79.9. The highest BCUT2D eigenvalue weighted by molar-refractivity contribution is 9.10. The number of Topliss-reactive ketones (excluding diaryl/α,β-unsaturated/α-hetero) is 1. The van der Waals surface area contributed by atoms with E-state index in [0.29, 0.717) is 35.4 Å². The molecule has 3 aromatic carbocycles. The van der Waals surface area contributed by atoms with Gasteiger partial charge in [0, 0.05) is 17.7 Å². The first kappa shape index (κ1) is 23.6. The van der Waals surface area contributed by atoms with Gasteiger partial charge in [-0.1, -0.05) is 44.2 Å². The lowest BCUT2D eigenvalue weighted by Crippen LogP contribution is -2.27. The number of fused-ring (bicyclic) bond motifs is 1. The Balaban J connectivity index is 1.49. The van der Waals surface area contributed by atoms with Crippen LogP contribution in [0, 0.1) is 11.7 Å². The predicted octanol–water partition coefficient (Wildman–Crippen LogP) is 7.60. The molecule has 5 rings (SSSR count). The molecule has 3 aromatic rings. The fraction of sp³-hybridized carbons (Fsp3) is 0.276. The third kappa shape index (κ3) is 4.98. The quantitative estimate of drug-likeness (QED) is 0.353. The molecule has 1 aliphatic heterocycles. The summed E-state index contributed by atoms with van der Waals surface area (Å²) in [5.41, 5.74) is 5.41. The maximum Gasteiger partial charge on any atom is 0.163 e. The summed E-state index contributed by atoms with van der Waals surface area (Å²) >= 11 is 3.30. The zero-order valence-corrected chi connectivity index (χ0v) is 21.4. The second kappa shape index (κ2) is 9.86. The first-order chi connectivity index (χ1) is 16.9. The van der Waals surface area contributed by atoms with Gasteiger partial charge < -0.3 is 15.4 Å². The Kier molecular flexibility index (Phi) is 6.65. The number of para-hydroxylation sites is 2. The van der Waals surface area contributed by atoms with Gasteiger partial charge in [0.05, 0.1) is 28.5 Å². The molecule has 2 unspecified atom stereocenters. The van der Waals surface area contributed by atoms with Gasteiger partial charge in [0.1, 0.15) is 11.6 Å². The van der Waals surface area contributed by atoms with Crippen LogP contribution in [0.5, 0.6) is 5.75 Å². The number of anilines is 2. The summed E-state index contributed by atoms with van der Waals surface area (Å²) in [6.45, 7) is 4.92. The molecule has 1 aliphatic carbocycles. The first-order valence-corrected chi connectivity index (χ1v) is 12.7. The van der Waals surface area contributed by atoms with Gasteiger partial charge in [-0.25, -0.2) is 4.39 Å². The molecule has 0 radical (unpaired) electrons. The van der Waals surface area contributed by atoms with E-state index in [-0.39, 0.29) is 23.6 Å². The van der Waals surface area contributed by atoms with Crippen molar-refractivity contribution in [3.63, 3.8) is 0 Å². The van der Waals surface area contributed by atoms with Gasteiger partial charge >= 0.3 is 0 Å². The normalized spacial score (nSPS) is 19.4. The Morgan fingerprint density at radius 3 is 2.43 bits per heavy atom. The molecule has 0 amide bonds. The van der Waals surface area contributed by atoms with Crippen LogP contribution >= 0.6 is 15.9 Å². The van der Waals surface area contributed by atoms with Crippen LogP contribution in [0.2, 0.25) is 0 Å². The van der Waals surface area contributed by atoms with Crippen molar-refractivity contribution in [2.24, 2.45) is 5.92 Å². The Labute approximate surface area is 213 Å². The summed E-state index contributed by atoms with van der Waals surface area (Å²) in [5, 5.41) is 7.08. The van der Waals surface area contributed by atoms with E-state index in [9.17, 15) is 9.18 Å². The lowest BCUT2D eigenvalue weighted by atomic mass is 9.78. The van der Waals surface area contributed by atoms with Crippen LogP contribution in [-0.4, -0.2) is 12.4 Å². The van der Waals surface area contributed by atoms with Gasteiger partial charge in [0.2, 0.25) is 0 Å². The van der Waals surface area contributed by atoms with E-state index in [4.69, 9.17) is 4.74 Å². The fourth-order valence-corrected chi connectivity index (χ4v) is 5.17. The lowest BCUT2D eigenvalue weighted by Gasteiger charge is -2.30. The van der Waals surface area contributed by atoms with Crippen molar-refractivity contribution in [1.82, 2.24) is 0 Å². The highest BCUT2D eigenvalue weighted by Crippen LogP contribution is 2.44. The van der Waals surface area contributed by atoms with Crippen molar-refractivity contribution in [2.75, 3.05) is 17.2 Å². The van der Waals surface area contributed by atoms with Crippen molar-refractivity contribution >= 4 is 33.1 Å². The molecule has 0 saturated carbocycles. The van der Waals surface area contributed by atoms with Crippen molar-refractivity contribution in [2.45, 2.75) is 38.6 Å². The van der Waals surface area contributed by atoms with E-state index < -0.39 is 0 Å². The summed E-state index contributed by atoms with van der Waals surface area (Å²) in [7, 11) is 0. The molecule has 180 valence electrons. The number of halogens is 2. The van der Waals surface area contributed by atoms with Crippen LogP contribution in [0.4, 0.5) is 15.8 Å². The Bertz CT molecular complexity index is 1290. The van der Waals surface area contributed by atoms with E-state index >= 15 is 0 Å². The van der Waals surface area contributed by atoms with E-state index in [2.05, 4.69) is 52.5 Å². The van der Waals surface area contributed by atoms with Crippen LogP contribution in [0.25, 0.3) is 0 Å². The number of ketones is 1.